The van der Waals surface area contributed by atoms with Crippen LogP contribution in [-0.4, -0.2) is 48.1 Å². The highest BCUT2D eigenvalue weighted by Gasteiger charge is 2.21. The molecular formula is C20H26N4. The molecule has 0 atom stereocenters. The van der Waals surface area contributed by atoms with Crippen molar-refractivity contribution >= 4 is 22.9 Å². The van der Waals surface area contributed by atoms with E-state index in [4.69, 9.17) is 4.98 Å². The van der Waals surface area contributed by atoms with Gasteiger partial charge in [-0.2, -0.15) is 0 Å². The van der Waals surface area contributed by atoms with E-state index in [2.05, 4.69) is 47.1 Å². The minimum absolute atomic E-state index is 0.690. The predicted molar refractivity (Wildman–Crippen MR) is 102 cm³/mol. The topological polar surface area (TPSA) is 32.3 Å². The van der Waals surface area contributed by atoms with Crippen LogP contribution < -0.4 is 4.90 Å². The van der Waals surface area contributed by atoms with E-state index >= 15 is 0 Å². The Morgan fingerprint density at radius 1 is 1.00 bits per heavy atom. The molecule has 1 aliphatic heterocycles. The number of allylic oxidation sites excluding steroid dienone is 3. The molecule has 0 N–H and O–H groups in total. The highest BCUT2D eigenvalue weighted by molar-refractivity contribution is 5.77. The number of piperidine rings is 1. The van der Waals surface area contributed by atoms with Crippen LogP contribution in [0.25, 0.3) is 17.1 Å². The molecule has 4 heteroatoms. The third kappa shape index (κ3) is 3.82. The molecule has 4 nitrogen and oxygen atoms in total. The summed E-state index contributed by atoms with van der Waals surface area (Å²) in [6.07, 6.45) is 10.4. The van der Waals surface area contributed by atoms with Gasteiger partial charge in [0.05, 0.1) is 16.7 Å². The molecule has 2 aromatic rings. The number of hydrogen-bond acceptors (Lipinski definition) is 4. The predicted octanol–water partition coefficient (Wildman–Crippen LogP) is 3.75. The average molecular weight is 322 g/mol. The second-order valence-electron chi connectivity index (χ2n) is 6.51. The molecule has 0 aromatic carbocycles. The minimum Gasteiger partial charge on any atom is -0.356 e. The van der Waals surface area contributed by atoms with Gasteiger partial charge in [0, 0.05) is 19.1 Å². The van der Waals surface area contributed by atoms with Crippen molar-refractivity contribution in [2.75, 3.05) is 32.1 Å². The maximum absolute atomic E-state index is 4.82. The number of pyridine rings is 2. The molecule has 3 rings (SSSR count). The second kappa shape index (κ2) is 7.58. The van der Waals surface area contributed by atoms with Crippen LogP contribution in [0.15, 0.2) is 42.5 Å². The lowest BCUT2D eigenvalue weighted by Crippen LogP contribution is -2.42. The Kier molecular flexibility index (Phi) is 5.26. The zero-order valence-electron chi connectivity index (χ0n) is 14.8. The third-order valence-corrected chi connectivity index (χ3v) is 4.64. The Balaban J connectivity index is 1.76. The van der Waals surface area contributed by atoms with Gasteiger partial charge in [-0.3, -0.25) is 0 Å². The van der Waals surface area contributed by atoms with Crippen LogP contribution in [0.3, 0.4) is 0 Å². The average Bonchev–Trinajstić information content (AvgIpc) is 2.61. The third-order valence-electron chi connectivity index (χ3n) is 4.64. The van der Waals surface area contributed by atoms with E-state index < -0.39 is 0 Å². The van der Waals surface area contributed by atoms with Crippen molar-refractivity contribution in [3.05, 3.63) is 48.2 Å². The summed E-state index contributed by atoms with van der Waals surface area (Å²) < 4.78 is 0. The first-order valence-corrected chi connectivity index (χ1v) is 8.66. The molecule has 1 saturated heterocycles. The minimum atomic E-state index is 0.690. The molecule has 1 fully saturated rings. The van der Waals surface area contributed by atoms with Crippen LogP contribution >= 0.6 is 0 Å². The summed E-state index contributed by atoms with van der Waals surface area (Å²) in [5.74, 6) is 1.07. The van der Waals surface area contributed by atoms with E-state index in [0.717, 1.165) is 35.6 Å². The van der Waals surface area contributed by atoms with Crippen molar-refractivity contribution in [1.82, 2.24) is 14.9 Å². The summed E-state index contributed by atoms with van der Waals surface area (Å²) in [7, 11) is 4.34. The van der Waals surface area contributed by atoms with Crippen LogP contribution in [0.2, 0.25) is 0 Å². The first-order valence-electron chi connectivity index (χ1n) is 8.66. The molecule has 126 valence electrons. The lowest BCUT2D eigenvalue weighted by Gasteiger charge is -2.35. The van der Waals surface area contributed by atoms with Crippen LogP contribution in [0, 0.1) is 0 Å². The maximum Gasteiger partial charge on any atom is 0.129 e. The Morgan fingerprint density at radius 3 is 2.42 bits per heavy atom. The molecule has 0 amide bonds. The van der Waals surface area contributed by atoms with E-state index in [-0.39, 0.29) is 0 Å². The number of anilines is 1. The van der Waals surface area contributed by atoms with Gasteiger partial charge in [-0.15, -0.1) is 0 Å². The van der Waals surface area contributed by atoms with E-state index in [1.165, 1.54) is 12.8 Å². The van der Waals surface area contributed by atoms with Crippen molar-refractivity contribution in [1.29, 1.82) is 0 Å². The van der Waals surface area contributed by atoms with Gasteiger partial charge in [0.15, 0.2) is 0 Å². The van der Waals surface area contributed by atoms with Gasteiger partial charge in [0.2, 0.25) is 0 Å². The number of nitrogens with zero attached hydrogens (tertiary/aromatic N) is 4. The Hall–Kier alpha value is -2.20. The normalized spacial score (nSPS) is 16.9. The zero-order chi connectivity index (χ0) is 16.9. The molecule has 0 saturated carbocycles. The van der Waals surface area contributed by atoms with Crippen LogP contribution in [-0.2, 0) is 0 Å². The summed E-state index contributed by atoms with van der Waals surface area (Å²) in [5.41, 5.74) is 2.87. The van der Waals surface area contributed by atoms with E-state index in [1.54, 1.807) is 0 Å². The summed E-state index contributed by atoms with van der Waals surface area (Å²) in [4.78, 5) is 14.2. The van der Waals surface area contributed by atoms with Crippen molar-refractivity contribution in [2.45, 2.75) is 25.8 Å². The van der Waals surface area contributed by atoms with Gasteiger partial charge in [-0.05, 0) is 64.2 Å². The van der Waals surface area contributed by atoms with Gasteiger partial charge in [0.1, 0.15) is 5.82 Å². The van der Waals surface area contributed by atoms with Crippen molar-refractivity contribution in [3.8, 4) is 0 Å². The number of rotatable bonds is 4. The van der Waals surface area contributed by atoms with Gasteiger partial charge in [-0.1, -0.05) is 18.2 Å². The summed E-state index contributed by atoms with van der Waals surface area (Å²) in [6, 6.07) is 8.97. The zero-order valence-corrected chi connectivity index (χ0v) is 14.8. The maximum atomic E-state index is 4.82. The highest BCUT2D eigenvalue weighted by Crippen LogP contribution is 2.22. The fourth-order valence-corrected chi connectivity index (χ4v) is 3.16. The Bertz CT molecular complexity index is 740. The molecule has 0 spiro atoms. The fraction of sp³-hybridized carbons (Fsp3) is 0.400. The van der Waals surface area contributed by atoms with Gasteiger partial charge in [0.25, 0.3) is 0 Å². The molecule has 0 aliphatic carbocycles. The quantitative estimate of drug-likeness (QED) is 0.803. The summed E-state index contributed by atoms with van der Waals surface area (Å²) >= 11 is 0. The van der Waals surface area contributed by atoms with Gasteiger partial charge < -0.3 is 9.80 Å². The van der Waals surface area contributed by atoms with E-state index in [0.29, 0.717) is 6.04 Å². The van der Waals surface area contributed by atoms with Crippen molar-refractivity contribution in [3.63, 3.8) is 0 Å². The smallest absolute Gasteiger partial charge is 0.129 e. The molecular weight excluding hydrogens is 296 g/mol. The first-order chi connectivity index (χ1) is 11.7. The number of aromatic nitrogens is 2. The molecule has 2 aromatic heterocycles. The lowest BCUT2D eigenvalue weighted by molar-refractivity contribution is 0.249. The number of fused-ring (bicyclic) bond motifs is 1. The van der Waals surface area contributed by atoms with Crippen LogP contribution in [0.5, 0.6) is 0 Å². The van der Waals surface area contributed by atoms with Crippen LogP contribution in [0.1, 0.15) is 25.5 Å². The van der Waals surface area contributed by atoms with Crippen molar-refractivity contribution < 1.29 is 0 Å². The molecule has 24 heavy (non-hydrogen) atoms. The first kappa shape index (κ1) is 16.7. The molecule has 1 aliphatic rings. The van der Waals surface area contributed by atoms with E-state index in [9.17, 15) is 0 Å². The standard InChI is InChI=1S/C20H26N4/c1-4-5-6-7-16-8-9-19-18(21-16)10-11-20(22-19)24-14-12-17(13-15-24)23(2)3/h4-11,17H,12-15H2,1-3H3/b5-4+,7-6+. The summed E-state index contributed by atoms with van der Waals surface area (Å²) in [5, 5.41) is 0. The molecule has 0 bridgehead atoms. The van der Waals surface area contributed by atoms with Crippen molar-refractivity contribution in [2.24, 2.45) is 0 Å². The lowest BCUT2D eigenvalue weighted by atomic mass is 10.0. The molecule has 0 unspecified atom stereocenters. The van der Waals surface area contributed by atoms with Crippen LogP contribution in [0.4, 0.5) is 5.82 Å². The monoisotopic (exact) mass is 322 g/mol. The molecule has 0 radical (unpaired) electrons. The van der Waals surface area contributed by atoms with E-state index in [1.807, 2.05) is 37.3 Å². The van der Waals surface area contributed by atoms with Gasteiger partial charge in [-0.25, -0.2) is 9.97 Å². The highest BCUT2D eigenvalue weighted by atomic mass is 15.2. The van der Waals surface area contributed by atoms with Gasteiger partial charge >= 0.3 is 0 Å². The summed E-state index contributed by atoms with van der Waals surface area (Å²) in [6.45, 7) is 4.14. The molecule has 3 heterocycles. The Labute approximate surface area is 144 Å². The SMILES string of the molecule is C/C=C/C=C/c1ccc2nc(N3CCC(N(C)C)CC3)ccc2n1. The number of hydrogen-bond donors (Lipinski definition) is 0. The largest absolute Gasteiger partial charge is 0.356 e. The Morgan fingerprint density at radius 2 is 1.71 bits per heavy atom. The fourth-order valence-electron chi connectivity index (χ4n) is 3.16. The second-order valence-corrected chi connectivity index (χ2v) is 6.51.